The van der Waals surface area contributed by atoms with E-state index in [-0.39, 0.29) is 29.1 Å². The number of pyridine rings is 1. The number of halogens is 2. The first-order chi connectivity index (χ1) is 7.15. The van der Waals surface area contributed by atoms with Gasteiger partial charge in [-0.2, -0.15) is 0 Å². The Kier molecular flexibility index (Phi) is 3.68. The maximum absolute atomic E-state index is 12.5. The van der Waals surface area contributed by atoms with Crippen LogP contribution < -0.4 is 10.5 Å². The maximum Gasteiger partial charge on any atom is 0.268 e. The summed E-state index contributed by atoms with van der Waals surface area (Å²) in [4.78, 5) is 14.2. The highest BCUT2D eigenvalue weighted by Gasteiger charge is 2.20. The van der Waals surface area contributed by atoms with Gasteiger partial charge in [0.15, 0.2) is 6.29 Å². The highest BCUT2D eigenvalue weighted by Crippen LogP contribution is 2.32. The molecule has 0 radical (unpaired) electrons. The van der Waals surface area contributed by atoms with Gasteiger partial charge in [-0.1, -0.05) is 0 Å². The van der Waals surface area contributed by atoms with E-state index in [1.807, 2.05) is 0 Å². The van der Waals surface area contributed by atoms with Crippen molar-refractivity contribution in [3.05, 3.63) is 23.0 Å². The minimum absolute atomic E-state index is 0.0266. The molecule has 1 aromatic heterocycles. The average Bonchev–Trinajstić information content (AvgIpc) is 2.26. The zero-order chi connectivity index (χ0) is 11.4. The third-order valence-corrected chi connectivity index (χ3v) is 1.94. The highest BCUT2D eigenvalue weighted by molar-refractivity contribution is 5.76. The normalized spacial score (nSPS) is 10.5. The fourth-order valence-electron chi connectivity index (χ4n) is 1.26. The van der Waals surface area contributed by atoms with Crippen molar-refractivity contribution < 1.29 is 18.3 Å². The van der Waals surface area contributed by atoms with Gasteiger partial charge in [0.1, 0.15) is 11.4 Å². The Morgan fingerprint density at radius 3 is 2.73 bits per heavy atom. The molecule has 0 fully saturated rings. The number of ether oxygens (including phenoxy) is 1. The van der Waals surface area contributed by atoms with E-state index in [9.17, 15) is 13.6 Å². The van der Waals surface area contributed by atoms with Crippen LogP contribution in [0.25, 0.3) is 0 Å². The van der Waals surface area contributed by atoms with Crippen molar-refractivity contribution >= 4 is 6.29 Å². The summed E-state index contributed by atoms with van der Waals surface area (Å²) >= 11 is 0. The zero-order valence-corrected chi connectivity index (χ0v) is 8.04. The van der Waals surface area contributed by atoms with E-state index in [4.69, 9.17) is 10.5 Å². The third kappa shape index (κ3) is 2.10. The maximum atomic E-state index is 12.5. The number of hydrogen-bond donors (Lipinski definition) is 1. The van der Waals surface area contributed by atoms with Gasteiger partial charge in [0.2, 0.25) is 0 Å². The molecule has 0 saturated heterocycles. The van der Waals surface area contributed by atoms with Gasteiger partial charge in [-0.25, -0.2) is 8.78 Å². The van der Waals surface area contributed by atoms with Crippen molar-refractivity contribution in [3.63, 3.8) is 0 Å². The topological polar surface area (TPSA) is 65.2 Å². The van der Waals surface area contributed by atoms with Crippen molar-refractivity contribution in [3.8, 4) is 5.75 Å². The van der Waals surface area contributed by atoms with Crippen LogP contribution in [0, 0.1) is 0 Å². The Morgan fingerprint density at radius 2 is 2.33 bits per heavy atom. The van der Waals surface area contributed by atoms with Gasteiger partial charge in [-0.15, -0.1) is 0 Å². The van der Waals surface area contributed by atoms with Crippen LogP contribution in [0.3, 0.4) is 0 Å². The van der Waals surface area contributed by atoms with Crippen molar-refractivity contribution in [1.82, 2.24) is 4.98 Å². The van der Waals surface area contributed by atoms with E-state index in [0.717, 1.165) is 6.20 Å². The Bertz CT molecular complexity index is 369. The monoisotopic (exact) mass is 216 g/mol. The fraction of sp³-hybridized carbons (Fsp3) is 0.333. The summed E-state index contributed by atoms with van der Waals surface area (Å²) in [5, 5.41) is 0. The highest BCUT2D eigenvalue weighted by atomic mass is 19.3. The molecule has 82 valence electrons. The second kappa shape index (κ2) is 4.79. The average molecular weight is 216 g/mol. The Morgan fingerprint density at radius 1 is 1.67 bits per heavy atom. The molecular formula is C9H10F2N2O2. The van der Waals surface area contributed by atoms with E-state index >= 15 is 0 Å². The first kappa shape index (κ1) is 11.5. The number of carbonyl (C=O) groups excluding carboxylic acids is 1. The van der Waals surface area contributed by atoms with Crippen LogP contribution in [-0.4, -0.2) is 18.4 Å². The van der Waals surface area contributed by atoms with Crippen molar-refractivity contribution in [2.45, 2.75) is 13.0 Å². The van der Waals surface area contributed by atoms with E-state index in [1.165, 1.54) is 7.11 Å². The lowest BCUT2D eigenvalue weighted by atomic mass is 10.1. The van der Waals surface area contributed by atoms with Gasteiger partial charge in [-0.05, 0) is 0 Å². The summed E-state index contributed by atoms with van der Waals surface area (Å²) in [6.45, 7) is -0.0786. The van der Waals surface area contributed by atoms with Gasteiger partial charge in [-0.3, -0.25) is 9.78 Å². The molecule has 2 N–H and O–H groups in total. The number of carbonyl (C=O) groups is 1. The van der Waals surface area contributed by atoms with Crippen LogP contribution in [0.5, 0.6) is 5.75 Å². The van der Waals surface area contributed by atoms with E-state index in [0.29, 0.717) is 6.29 Å². The molecule has 0 atom stereocenters. The number of nitrogens with two attached hydrogens (primary N) is 1. The number of alkyl halides is 2. The number of rotatable bonds is 4. The molecule has 1 rings (SSSR count). The lowest BCUT2D eigenvalue weighted by Gasteiger charge is -2.12. The van der Waals surface area contributed by atoms with Crippen LogP contribution >= 0.6 is 0 Å². The molecule has 0 unspecified atom stereocenters. The summed E-state index contributed by atoms with van der Waals surface area (Å²) in [7, 11) is 1.24. The Hall–Kier alpha value is -1.56. The van der Waals surface area contributed by atoms with Crippen molar-refractivity contribution in [1.29, 1.82) is 0 Å². The summed E-state index contributed by atoms with van der Waals surface area (Å²) in [5.41, 5.74) is 5.22. The molecule has 0 spiro atoms. The predicted molar refractivity (Wildman–Crippen MR) is 49.0 cm³/mol. The van der Waals surface area contributed by atoms with Gasteiger partial charge in [0.05, 0.1) is 12.7 Å². The lowest BCUT2D eigenvalue weighted by Crippen LogP contribution is -2.08. The molecule has 15 heavy (non-hydrogen) atoms. The molecule has 1 heterocycles. The van der Waals surface area contributed by atoms with Gasteiger partial charge in [0, 0.05) is 18.3 Å². The number of aldehydes is 1. The molecule has 0 aliphatic rings. The molecule has 4 nitrogen and oxygen atoms in total. The smallest absolute Gasteiger partial charge is 0.268 e. The molecule has 0 bridgehead atoms. The number of hydrogen-bond acceptors (Lipinski definition) is 4. The molecule has 0 aliphatic heterocycles. The molecule has 0 saturated carbocycles. The SMILES string of the molecule is COc1c(C(F)F)cnc(C=O)c1CN. The number of methoxy groups -OCH3 is 1. The van der Waals surface area contributed by atoms with E-state index in [2.05, 4.69) is 4.98 Å². The Balaban J connectivity index is 3.40. The van der Waals surface area contributed by atoms with Crippen LogP contribution in [0.4, 0.5) is 8.78 Å². The quantitative estimate of drug-likeness (QED) is 0.770. The second-order valence-corrected chi connectivity index (χ2v) is 2.73. The molecular weight excluding hydrogens is 206 g/mol. The summed E-state index contributed by atoms with van der Waals surface area (Å²) < 4.78 is 29.8. The first-order valence-corrected chi connectivity index (χ1v) is 4.14. The van der Waals surface area contributed by atoms with Crippen LogP contribution in [0.15, 0.2) is 6.20 Å². The minimum Gasteiger partial charge on any atom is -0.496 e. The van der Waals surface area contributed by atoms with E-state index in [1.54, 1.807) is 0 Å². The number of aromatic nitrogens is 1. The van der Waals surface area contributed by atoms with Gasteiger partial charge < -0.3 is 10.5 Å². The third-order valence-electron chi connectivity index (χ3n) is 1.94. The van der Waals surface area contributed by atoms with Crippen molar-refractivity contribution in [2.24, 2.45) is 5.73 Å². The summed E-state index contributed by atoms with van der Waals surface area (Å²) in [5.74, 6) is -0.0652. The largest absolute Gasteiger partial charge is 0.496 e. The summed E-state index contributed by atoms with van der Waals surface area (Å²) in [6.07, 6.45) is -1.33. The molecule has 0 aliphatic carbocycles. The van der Waals surface area contributed by atoms with Gasteiger partial charge >= 0.3 is 0 Å². The van der Waals surface area contributed by atoms with E-state index < -0.39 is 6.43 Å². The minimum atomic E-state index is -2.71. The summed E-state index contributed by atoms with van der Waals surface area (Å²) in [6, 6.07) is 0. The molecule has 0 aromatic carbocycles. The lowest BCUT2D eigenvalue weighted by molar-refractivity contribution is 0.111. The predicted octanol–water partition coefficient (Wildman–Crippen LogP) is 1.30. The second-order valence-electron chi connectivity index (χ2n) is 2.73. The Labute approximate surface area is 85.1 Å². The van der Waals surface area contributed by atoms with Crippen molar-refractivity contribution in [2.75, 3.05) is 7.11 Å². The first-order valence-electron chi connectivity index (χ1n) is 4.14. The zero-order valence-electron chi connectivity index (χ0n) is 8.04. The fourth-order valence-corrected chi connectivity index (χ4v) is 1.26. The molecule has 1 aromatic rings. The number of nitrogens with zero attached hydrogens (tertiary/aromatic N) is 1. The standard InChI is InChI=1S/C9H10F2N2O2/c1-15-8-5(2-12)7(4-14)13-3-6(8)9(10)11/h3-4,9H,2,12H2,1H3. The van der Waals surface area contributed by atoms with Gasteiger partial charge in [0.25, 0.3) is 6.43 Å². The van der Waals surface area contributed by atoms with Crippen LogP contribution in [0.2, 0.25) is 0 Å². The molecule has 6 heteroatoms. The van der Waals surface area contributed by atoms with Crippen LogP contribution in [0.1, 0.15) is 28.0 Å². The van der Waals surface area contributed by atoms with Crippen LogP contribution in [-0.2, 0) is 6.54 Å². The molecule has 0 amide bonds.